The largest absolute Gasteiger partial charge is 0.457 e. The van der Waals surface area contributed by atoms with Crippen LogP contribution in [0.1, 0.15) is 37.5 Å². The molecule has 1 heterocycles. The molecule has 154 valence electrons. The summed E-state index contributed by atoms with van der Waals surface area (Å²) in [5.74, 6) is -0.411. The molecule has 0 spiro atoms. The molecule has 0 bridgehead atoms. The Balaban J connectivity index is 0.00000145. The quantitative estimate of drug-likeness (QED) is 0.556. The zero-order valence-electron chi connectivity index (χ0n) is 17.1. The van der Waals surface area contributed by atoms with Crippen molar-refractivity contribution in [3.63, 3.8) is 0 Å². The number of sulfone groups is 1. The molecule has 0 amide bonds. The predicted molar refractivity (Wildman–Crippen MR) is 111 cm³/mol. The van der Waals surface area contributed by atoms with Crippen LogP contribution in [0.2, 0.25) is 0 Å². The van der Waals surface area contributed by atoms with Crippen molar-refractivity contribution in [1.82, 2.24) is 0 Å². The molecule has 0 unspecified atom stereocenters. The molecule has 0 aliphatic carbocycles. The van der Waals surface area contributed by atoms with E-state index in [9.17, 15) is 18.0 Å². The summed E-state index contributed by atoms with van der Waals surface area (Å²) in [6.45, 7) is 7.26. The molecule has 0 fully saturated rings. The number of hydrogen-bond donors (Lipinski definition) is 0. The zero-order valence-corrected chi connectivity index (χ0v) is 17.9. The lowest BCUT2D eigenvalue weighted by Crippen LogP contribution is -2.03. The van der Waals surface area contributed by atoms with E-state index in [-0.39, 0.29) is 11.5 Å². The summed E-state index contributed by atoms with van der Waals surface area (Å²) in [6.07, 6.45) is 1.13. The van der Waals surface area contributed by atoms with E-state index in [0.717, 1.165) is 17.4 Å². The van der Waals surface area contributed by atoms with Gasteiger partial charge in [0.1, 0.15) is 12.4 Å². The van der Waals surface area contributed by atoms with Crippen molar-refractivity contribution in [2.45, 2.75) is 32.6 Å². The standard InChI is InChI=1S/C20H18O6S.C2H6/c1-12-10-15(6-9-18(12)26-13(2)21)17-11-25-20(22)19(17)14-4-7-16(8-5-14)27(3,23)24;1-2/h4-10H,11H2,1-3H3;1-2H3. The molecule has 0 saturated carbocycles. The fraction of sp³-hybridized carbons (Fsp3) is 0.273. The van der Waals surface area contributed by atoms with Crippen LogP contribution in [0, 0.1) is 6.92 Å². The smallest absolute Gasteiger partial charge is 0.339 e. The Morgan fingerprint density at radius 2 is 1.62 bits per heavy atom. The minimum atomic E-state index is -3.32. The highest BCUT2D eigenvalue weighted by atomic mass is 32.2. The molecule has 0 saturated heterocycles. The van der Waals surface area contributed by atoms with Crippen LogP contribution in [-0.4, -0.2) is 33.2 Å². The number of hydrogen-bond acceptors (Lipinski definition) is 6. The van der Waals surface area contributed by atoms with Crippen LogP contribution in [0.25, 0.3) is 11.1 Å². The normalized spacial score (nSPS) is 13.5. The number of carbonyl (C=O) groups excluding carboxylic acids is 2. The van der Waals surface area contributed by atoms with Crippen LogP contribution in [0.3, 0.4) is 0 Å². The Bertz CT molecular complexity index is 1060. The molecule has 2 aromatic carbocycles. The van der Waals surface area contributed by atoms with Crippen molar-refractivity contribution in [1.29, 1.82) is 0 Å². The second-order valence-corrected chi connectivity index (χ2v) is 8.32. The topological polar surface area (TPSA) is 86.7 Å². The highest BCUT2D eigenvalue weighted by Crippen LogP contribution is 2.35. The second kappa shape index (κ2) is 9.05. The lowest BCUT2D eigenvalue weighted by Gasteiger charge is -2.09. The summed E-state index contributed by atoms with van der Waals surface area (Å²) >= 11 is 0. The number of esters is 2. The summed E-state index contributed by atoms with van der Waals surface area (Å²) in [4.78, 5) is 23.6. The fourth-order valence-corrected chi connectivity index (χ4v) is 3.53. The van der Waals surface area contributed by atoms with Gasteiger partial charge < -0.3 is 9.47 Å². The first-order valence-electron chi connectivity index (χ1n) is 9.17. The Hall–Kier alpha value is -2.93. The molecule has 2 aromatic rings. The second-order valence-electron chi connectivity index (χ2n) is 6.30. The molecule has 0 N–H and O–H groups in total. The summed E-state index contributed by atoms with van der Waals surface area (Å²) in [6, 6.07) is 11.4. The summed E-state index contributed by atoms with van der Waals surface area (Å²) < 4.78 is 33.6. The first-order chi connectivity index (χ1) is 13.7. The van der Waals surface area contributed by atoms with Crippen molar-refractivity contribution in [3.8, 4) is 5.75 Å². The third kappa shape index (κ3) is 5.12. The third-order valence-corrected chi connectivity index (χ3v) is 5.33. The van der Waals surface area contributed by atoms with Crippen LogP contribution < -0.4 is 4.74 Å². The van der Waals surface area contributed by atoms with Gasteiger partial charge in [-0.1, -0.05) is 32.0 Å². The summed E-state index contributed by atoms with van der Waals surface area (Å²) in [7, 11) is -3.32. The van der Waals surface area contributed by atoms with Crippen LogP contribution in [-0.2, 0) is 24.2 Å². The zero-order chi connectivity index (χ0) is 21.8. The average molecular weight is 416 g/mol. The summed E-state index contributed by atoms with van der Waals surface area (Å²) in [5, 5.41) is 0. The maximum absolute atomic E-state index is 12.3. The molecular formula is C22H24O6S. The lowest BCUT2D eigenvalue weighted by atomic mass is 9.95. The number of ether oxygens (including phenoxy) is 2. The SMILES string of the molecule is CC.CC(=O)Oc1ccc(C2=C(c3ccc(S(C)(=O)=O)cc3)C(=O)OC2)cc1C. The average Bonchev–Trinajstić information content (AvgIpc) is 3.05. The Morgan fingerprint density at radius 3 is 2.14 bits per heavy atom. The highest BCUT2D eigenvalue weighted by Gasteiger charge is 2.27. The van der Waals surface area contributed by atoms with E-state index in [1.54, 1.807) is 31.2 Å². The lowest BCUT2D eigenvalue weighted by molar-refractivity contribution is -0.134. The molecular weight excluding hydrogens is 392 g/mol. The minimum absolute atomic E-state index is 0.119. The Kier molecular flexibility index (Phi) is 6.97. The van der Waals surface area contributed by atoms with Gasteiger partial charge in [0.2, 0.25) is 0 Å². The van der Waals surface area contributed by atoms with Gasteiger partial charge in [0.15, 0.2) is 9.84 Å². The van der Waals surface area contributed by atoms with Crippen molar-refractivity contribution in [2.24, 2.45) is 0 Å². The van der Waals surface area contributed by atoms with Gasteiger partial charge in [0.25, 0.3) is 0 Å². The molecule has 0 aromatic heterocycles. The molecule has 0 radical (unpaired) electrons. The fourth-order valence-electron chi connectivity index (χ4n) is 2.90. The number of aryl methyl sites for hydroxylation is 1. The van der Waals surface area contributed by atoms with Gasteiger partial charge in [0.05, 0.1) is 10.5 Å². The number of cyclic esters (lactones) is 1. The maximum Gasteiger partial charge on any atom is 0.339 e. The van der Waals surface area contributed by atoms with Crippen molar-refractivity contribution in [3.05, 3.63) is 59.2 Å². The van der Waals surface area contributed by atoms with Crippen LogP contribution in [0.5, 0.6) is 5.75 Å². The number of rotatable bonds is 4. The van der Waals surface area contributed by atoms with Crippen molar-refractivity contribution >= 4 is 32.9 Å². The van der Waals surface area contributed by atoms with E-state index in [2.05, 4.69) is 0 Å². The molecule has 0 atom stereocenters. The number of benzene rings is 2. The first kappa shape index (κ1) is 22.4. The van der Waals surface area contributed by atoms with E-state index in [1.807, 2.05) is 19.9 Å². The monoisotopic (exact) mass is 416 g/mol. The van der Waals surface area contributed by atoms with E-state index in [4.69, 9.17) is 9.47 Å². The van der Waals surface area contributed by atoms with Crippen LogP contribution in [0.15, 0.2) is 47.4 Å². The first-order valence-corrected chi connectivity index (χ1v) is 11.1. The molecule has 7 heteroatoms. The Morgan fingerprint density at radius 1 is 1.03 bits per heavy atom. The molecule has 1 aliphatic rings. The van der Waals surface area contributed by atoms with E-state index >= 15 is 0 Å². The van der Waals surface area contributed by atoms with Gasteiger partial charge in [-0.3, -0.25) is 4.79 Å². The molecule has 29 heavy (non-hydrogen) atoms. The number of carbonyl (C=O) groups is 2. The third-order valence-electron chi connectivity index (χ3n) is 4.20. The van der Waals surface area contributed by atoms with Crippen LogP contribution >= 0.6 is 0 Å². The summed E-state index contributed by atoms with van der Waals surface area (Å²) in [5.41, 5.74) is 3.21. The van der Waals surface area contributed by atoms with Crippen molar-refractivity contribution < 1.29 is 27.5 Å². The van der Waals surface area contributed by atoms with Gasteiger partial charge in [-0.2, -0.15) is 0 Å². The van der Waals surface area contributed by atoms with E-state index in [0.29, 0.717) is 22.5 Å². The van der Waals surface area contributed by atoms with Gasteiger partial charge in [-0.15, -0.1) is 0 Å². The molecule has 6 nitrogen and oxygen atoms in total. The predicted octanol–water partition coefficient (Wildman–Crippen LogP) is 3.82. The highest BCUT2D eigenvalue weighted by molar-refractivity contribution is 7.90. The Labute approximate surface area is 171 Å². The van der Waals surface area contributed by atoms with Gasteiger partial charge in [-0.25, -0.2) is 13.2 Å². The van der Waals surface area contributed by atoms with Gasteiger partial charge in [0, 0.05) is 18.8 Å². The van der Waals surface area contributed by atoms with E-state index < -0.39 is 21.8 Å². The minimum Gasteiger partial charge on any atom is -0.457 e. The van der Waals surface area contributed by atoms with Crippen molar-refractivity contribution in [2.75, 3.05) is 12.9 Å². The van der Waals surface area contributed by atoms with E-state index in [1.165, 1.54) is 19.1 Å². The molecule has 1 aliphatic heterocycles. The van der Waals surface area contributed by atoms with Gasteiger partial charge >= 0.3 is 11.9 Å². The van der Waals surface area contributed by atoms with Gasteiger partial charge in [-0.05, 0) is 47.9 Å². The van der Waals surface area contributed by atoms with Crippen LogP contribution in [0.4, 0.5) is 0 Å². The molecule has 3 rings (SSSR count). The maximum atomic E-state index is 12.3.